The molecule has 1 atom stereocenters. The average Bonchev–Trinajstić information content (AvgIpc) is 2.28. The number of benzene rings is 1. The fourth-order valence-corrected chi connectivity index (χ4v) is 1.56. The molecule has 1 amide bonds. The Bertz CT molecular complexity index is 358. The Morgan fingerprint density at radius 2 is 1.88 bits per heavy atom. The number of hydrogen-bond donors (Lipinski definition) is 1. The van der Waals surface area contributed by atoms with Crippen LogP contribution in [0.15, 0.2) is 24.3 Å². The molecular formula is C14H21NO. The van der Waals surface area contributed by atoms with E-state index in [1.807, 2.05) is 32.0 Å². The molecule has 1 N–H and O–H groups in total. The van der Waals surface area contributed by atoms with Crippen molar-refractivity contribution in [3.63, 3.8) is 0 Å². The van der Waals surface area contributed by atoms with Crippen LogP contribution < -0.4 is 5.32 Å². The summed E-state index contributed by atoms with van der Waals surface area (Å²) in [7, 11) is 0. The summed E-state index contributed by atoms with van der Waals surface area (Å²) in [5, 5.41) is 3.00. The summed E-state index contributed by atoms with van der Waals surface area (Å²) in [6, 6.07) is 8.00. The van der Waals surface area contributed by atoms with Crippen LogP contribution >= 0.6 is 0 Å². The van der Waals surface area contributed by atoms with Gasteiger partial charge in [-0.2, -0.15) is 0 Å². The highest BCUT2D eigenvalue weighted by Gasteiger charge is 2.13. The van der Waals surface area contributed by atoms with Crippen molar-refractivity contribution in [2.45, 2.75) is 40.0 Å². The van der Waals surface area contributed by atoms with E-state index in [4.69, 9.17) is 0 Å². The maximum absolute atomic E-state index is 11.8. The SMILES string of the molecule is CCC(C)C(=O)Nc1ccccc1C(C)C. The third-order valence-corrected chi connectivity index (χ3v) is 2.90. The van der Waals surface area contributed by atoms with E-state index in [0.29, 0.717) is 5.92 Å². The first-order valence-electron chi connectivity index (χ1n) is 5.96. The van der Waals surface area contributed by atoms with E-state index in [1.165, 1.54) is 5.56 Å². The highest BCUT2D eigenvalue weighted by atomic mass is 16.1. The predicted molar refractivity (Wildman–Crippen MR) is 68.6 cm³/mol. The second-order valence-corrected chi connectivity index (χ2v) is 4.54. The summed E-state index contributed by atoms with van der Waals surface area (Å²) in [5.41, 5.74) is 2.14. The zero-order chi connectivity index (χ0) is 12.1. The van der Waals surface area contributed by atoms with Crippen molar-refractivity contribution in [3.8, 4) is 0 Å². The van der Waals surface area contributed by atoms with Crippen molar-refractivity contribution in [2.24, 2.45) is 5.92 Å². The molecule has 0 fully saturated rings. The monoisotopic (exact) mass is 219 g/mol. The van der Waals surface area contributed by atoms with Crippen molar-refractivity contribution in [1.29, 1.82) is 0 Å². The van der Waals surface area contributed by atoms with Crippen LogP contribution in [0.1, 0.15) is 45.6 Å². The zero-order valence-corrected chi connectivity index (χ0v) is 10.6. The number of para-hydroxylation sites is 1. The maximum Gasteiger partial charge on any atom is 0.227 e. The third kappa shape index (κ3) is 3.09. The lowest BCUT2D eigenvalue weighted by Crippen LogP contribution is -2.20. The highest BCUT2D eigenvalue weighted by molar-refractivity contribution is 5.93. The van der Waals surface area contributed by atoms with E-state index < -0.39 is 0 Å². The number of nitrogens with one attached hydrogen (secondary N) is 1. The fourth-order valence-electron chi connectivity index (χ4n) is 1.56. The van der Waals surface area contributed by atoms with Gasteiger partial charge in [-0.05, 0) is 24.0 Å². The van der Waals surface area contributed by atoms with E-state index in [9.17, 15) is 4.79 Å². The first kappa shape index (κ1) is 12.8. The predicted octanol–water partition coefficient (Wildman–Crippen LogP) is 3.79. The molecule has 1 rings (SSSR count). The highest BCUT2D eigenvalue weighted by Crippen LogP contribution is 2.24. The number of carbonyl (C=O) groups is 1. The number of rotatable bonds is 4. The third-order valence-electron chi connectivity index (χ3n) is 2.90. The first-order valence-corrected chi connectivity index (χ1v) is 5.96. The molecule has 0 aliphatic rings. The molecule has 0 bridgehead atoms. The van der Waals surface area contributed by atoms with Crippen LogP contribution in [0.5, 0.6) is 0 Å². The van der Waals surface area contributed by atoms with Crippen LogP contribution in [-0.4, -0.2) is 5.91 Å². The van der Waals surface area contributed by atoms with Crippen LogP contribution in [0.2, 0.25) is 0 Å². The standard InChI is InChI=1S/C14H21NO/c1-5-11(4)14(16)15-13-9-7-6-8-12(13)10(2)3/h6-11H,5H2,1-4H3,(H,15,16). The van der Waals surface area contributed by atoms with Gasteiger partial charge in [0.2, 0.25) is 5.91 Å². The molecule has 0 aliphatic carbocycles. The van der Waals surface area contributed by atoms with Gasteiger partial charge in [-0.1, -0.05) is 45.9 Å². The van der Waals surface area contributed by atoms with Crippen molar-refractivity contribution in [3.05, 3.63) is 29.8 Å². The Morgan fingerprint density at radius 1 is 1.25 bits per heavy atom. The topological polar surface area (TPSA) is 29.1 Å². The zero-order valence-electron chi connectivity index (χ0n) is 10.6. The summed E-state index contributed by atoms with van der Waals surface area (Å²) in [5.74, 6) is 0.601. The second kappa shape index (κ2) is 5.69. The van der Waals surface area contributed by atoms with Crippen LogP contribution in [0.3, 0.4) is 0 Å². The number of hydrogen-bond acceptors (Lipinski definition) is 1. The van der Waals surface area contributed by atoms with E-state index in [-0.39, 0.29) is 11.8 Å². The summed E-state index contributed by atoms with van der Waals surface area (Å²) in [6.07, 6.45) is 0.871. The lowest BCUT2D eigenvalue weighted by molar-refractivity contribution is -0.119. The molecule has 1 aromatic rings. The van der Waals surface area contributed by atoms with E-state index in [2.05, 4.69) is 25.2 Å². The van der Waals surface area contributed by atoms with Gasteiger partial charge in [-0.25, -0.2) is 0 Å². The van der Waals surface area contributed by atoms with Crippen molar-refractivity contribution >= 4 is 11.6 Å². The quantitative estimate of drug-likeness (QED) is 0.820. The van der Waals surface area contributed by atoms with Gasteiger partial charge in [0, 0.05) is 11.6 Å². The maximum atomic E-state index is 11.8. The Hall–Kier alpha value is -1.31. The Labute approximate surface area is 98.1 Å². The number of amides is 1. The molecule has 0 saturated carbocycles. The summed E-state index contributed by atoms with van der Waals surface area (Å²) in [6.45, 7) is 8.24. The molecule has 0 aromatic heterocycles. The number of anilines is 1. The molecule has 0 saturated heterocycles. The smallest absolute Gasteiger partial charge is 0.227 e. The minimum Gasteiger partial charge on any atom is -0.326 e. The molecule has 2 heteroatoms. The van der Waals surface area contributed by atoms with E-state index >= 15 is 0 Å². The summed E-state index contributed by atoms with van der Waals surface area (Å²) >= 11 is 0. The molecule has 1 unspecified atom stereocenters. The molecule has 0 aliphatic heterocycles. The van der Waals surface area contributed by atoms with Crippen molar-refractivity contribution < 1.29 is 4.79 Å². The lowest BCUT2D eigenvalue weighted by Gasteiger charge is -2.15. The molecule has 16 heavy (non-hydrogen) atoms. The minimum absolute atomic E-state index is 0.0696. The molecule has 0 spiro atoms. The Kier molecular flexibility index (Phi) is 4.53. The summed E-state index contributed by atoms with van der Waals surface area (Å²) in [4.78, 5) is 11.8. The second-order valence-electron chi connectivity index (χ2n) is 4.54. The van der Waals surface area contributed by atoms with Gasteiger partial charge >= 0.3 is 0 Å². The molecule has 0 radical (unpaired) electrons. The number of carbonyl (C=O) groups excluding carboxylic acids is 1. The summed E-state index contributed by atoms with van der Waals surface area (Å²) < 4.78 is 0. The van der Waals surface area contributed by atoms with Crippen LogP contribution in [-0.2, 0) is 4.79 Å². The largest absolute Gasteiger partial charge is 0.326 e. The van der Waals surface area contributed by atoms with Crippen LogP contribution in [0.25, 0.3) is 0 Å². The van der Waals surface area contributed by atoms with Gasteiger partial charge in [0.05, 0.1) is 0 Å². The molecule has 88 valence electrons. The molecular weight excluding hydrogens is 198 g/mol. The Balaban J connectivity index is 2.84. The molecule has 0 heterocycles. The molecule has 2 nitrogen and oxygen atoms in total. The van der Waals surface area contributed by atoms with Crippen LogP contribution in [0.4, 0.5) is 5.69 Å². The van der Waals surface area contributed by atoms with Crippen molar-refractivity contribution in [2.75, 3.05) is 5.32 Å². The van der Waals surface area contributed by atoms with Gasteiger partial charge < -0.3 is 5.32 Å². The van der Waals surface area contributed by atoms with Gasteiger partial charge in [0.1, 0.15) is 0 Å². The van der Waals surface area contributed by atoms with Gasteiger partial charge in [-0.15, -0.1) is 0 Å². The molecule has 1 aromatic carbocycles. The van der Waals surface area contributed by atoms with Gasteiger partial charge in [-0.3, -0.25) is 4.79 Å². The average molecular weight is 219 g/mol. The minimum atomic E-state index is 0.0696. The van der Waals surface area contributed by atoms with Crippen LogP contribution in [0, 0.1) is 5.92 Å². The normalized spacial score (nSPS) is 12.6. The van der Waals surface area contributed by atoms with Gasteiger partial charge in [0.15, 0.2) is 0 Å². The van der Waals surface area contributed by atoms with Crippen molar-refractivity contribution in [1.82, 2.24) is 0 Å². The Morgan fingerprint density at radius 3 is 2.44 bits per heavy atom. The van der Waals surface area contributed by atoms with E-state index in [1.54, 1.807) is 0 Å². The van der Waals surface area contributed by atoms with E-state index in [0.717, 1.165) is 12.1 Å². The lowest BCUT2D eigenvalue weighted by atomic mass is 10.0. The first-order chi connectivity index (χ1) is 7.56. The van der Waals surface area contributed by atoms with Gasteiger partial charge in [0.25, 0.3) is 0 Å². The fraction of sp³-hybridized carbons (Fsp3) is 0.500.